The van der Waals surface area contributed by atoms with Crippen molar-refractivity contribution in [2.75, 3.05) is 13.1 Å². The van der Waals surface area contributed by atoms with Crippen molar-refractivity contribution in [3.8, 4) is 0 Å². The maximum atomic E-state index is 12.5. The summed E-state index contributed by atoms with van der Waals surface area (Å²) < 4.78 is 0. The van der Waals surface area contributed by atoms with Crippen molar-refractivity contribution in [3.05, 3.63) is 57.2 Å². The molecule has 1 saturated heterocycles. The number of halogens is 1. The predicted octanol–water partition coefficient (Wildman–Crippen LogP) is 4.35. The lowest BCUT2D eigenvalue weighted by Gasteiger charge is -2.32. The number of nitrogens with zero attached hydrogens (tertiary/aromatic N) is 1. The molecule has 1 aromatic heterocycles. The first-order valence-electron chi connectivity index (χ1n) is 8.96. The van der Waals surface area contributed by atoms with Crippen molar-refractivity contribution in [1.82, 2.24) is 10.2 Å². The molecule has 0 aliphatic carbocycles. The average molecular weight is 391 g/mol. The summed E-state index contributed by atoms with van der Waals surface area (Å²) in [5, 5.41) is 5.53. The Kier molecular flexibility index (Phi) is 6.69. The summed E-state index contributed by atoms with van der Waals surface area (Å²) in [5.74, 6) is 0.540. The number of nitrogens with one attached hydrogen (secondary N) is 1. The lowest BCUT2D eigenvalue weighted by atomic mass is 9.93. The highest BCUT2D eigenvalue weighted by atomic mass is 35.5. The van der Waals surface area contributed by atoms with E-state index in [4.69, 9.17) is 11.6 Å². The van der Waals surface area contributed by atoms with Crippen LogP contribution in [0.25, 0.3) is 0 Å². The molecule has 1 aliphatic heterocycles. The van der Waals surface area contributed by atoms with E-state index in [0.29, 0.717) is 23.9 Å². The number of carbonyl (C=O) groups excluding carboxylic acids is 2. The van der Waals surface area contributed by atoms with Gasteiger partial charge in [-0.1, -0.05) is 35.9 Å². The zero-order chi connectivity index (χ0) is 18.4. The third-order valence-corrected chi connectivity index (χ3v) is 5.98. The quantitative estimate of drug-likeness (QED) is 0.797. The molecule has 0 radical (unpaired) electrons. The van der Waals surface area contributed by atoms with Gasteiger partial charge in [0.05, 0.1) is 4.88 Å². The summed E-state index contributed by atoms with van der Waals surface area (Å²) in [4.78, 5) is 27.3. The molecule has 3 rings (SSSR count). The normalized spacial score (nSPS) is 17.1. The molecular formula is C20H23ClN2O2S. The molecule has 0 bridgehead atoms. The molecular weight excluding hydrogens is 368 g/mol. The van der Waals surface area contributed by atoms with Gasteiger partial charge in [-0.05, 0) is 48.3 Å². The van der Waals surface area contributed by atoms with Crippen LogP contribution in [0.15, 0.2) is 41.8 Å². The Bertz CT molecular complexity index is 748. The molecule has 138 valence electrons. The number of amides is 2. The van der Waals surface area contributed by atoms with Gasteiger partial charge in [-0.2, -0.15) is 0 Å². The maximum absolute atomic E-state index is 12.5. The lowest BCUT2D eigenvalue weighted by molar-refractivity contribution is -0.121. The van der Waals surface area contributed by atoms with Crippen LogP contribution in [0.3, 0.4) is 0 Å². The topological polar surface area (TPSA) is 49.4 Å². The monoisotopic (exact) mass is 390 g/mol. The summed E-state index contributed by atoms with van der Waals surface area (Å²) in [6.07, 6.45) is 3.37. The molecule has 6 heteroatoms. The van der Waals surface area contributed by atoms with Crippen LogP contribution in [0.5, 0.6) is 0 Å². The van der Waals surface area contributed by atoms with Gasteiger partial charge in [0.2, 0.25) is 5.91 Å². The van der Waals surface area contributed by atoms with E-state index in [2.05, 4.69) is 5.32 Å². The molecule has 1 atom stereocenters. The van der Waals surface area contributed by atoms with Gasteiger partial charge >= 0.3 is 0 Å². The minimum atomic E-state index is 0.0339. The van der Waals surface area contributed by atoms with Gasteiger partial charge in [-0.15, -0.1) is 11.3 Å². The number of benzene rings is 1. The van der Waals surface area contributed by atoms with Gasteiger partial charge in [0.15, 0.2) is 0 Å². The van der Waals surface area contributed by atoms with Crippen molar-refractivity contribution >= 4 is 34.8 Å². The smallest absolute Gasteiger partial charge is 0.263 e. The summed E-state index contributed by atoms with van der Waals surface area (Å²) in [6.45, 7) is 2.01. The molecule has 4 nitrogen and oxygen atoms in total. The summed E-state index contributed by atoms with van der Waals surface area (Å²) >= 11 is 7.59. The zero-order valence-electron chi connectivity index (χ0n) is 14.6. The Balaban J connectivity index is 1.43. The molecule has 2 heterocycles. The molecule has 1 aromatic carbocycles. The first kappa shape index (κ1) is 18.9. The van der Waals surface area contributed by atoms with Crippen molar-refractivity contribution in [3.63, 3.8) is 0 Å². The van der Waals surface area contributed by atoms with Crippen LogP contribution in [-0.4, -0.2) is 29.8 Å². The Morgan fingerprint density at radius 3 is 2.85 bits per heavy atom. The van der Waals surface area contributed by atoms with Gasteiger partial charge in [-0.3, -0.25) is 9.59 Å². The van der Waals surface area contributed by atoms with E-state index in [9.17, 15) is 9.59 Å². The van der Waals surface area contributed by atoms with Crippen LogP contribution in [0.4, 0.5) is 0 Å². The second-order valence-electron chi connectivity index (χ2n) is 6.64. The van der Waals surface area contributed by atoms with E-state index in [1.54, 1.807) is 0 Å². The highest BCUT2D eigenvalue weighted by Gasteiger charge is 2.25. The molecule has 0 saturated carbocycles. The predicted molar refractivity (Wildman–Crippen MR) is 105 cm³/mol. The fourth-order valence-corrected chi connectivity index (χ4v) is 4.19. The first-order valence-corrected chi connectivity index (χ1v) is 10.2. The van der Waals surface area contributed by atoms with E-state index < -0.39 is 0 Å². The minimum Gasteiger partial charge on any atom is -0.352 e. The fourth-order valence-electron chi connectivity index (χ4n) is 3.30. The molecule has 2 aromatic rings. The van der Waals surface area contributed by atoms with Crippen LogP contribution >= 0.6 is 22.9 Å². The molecule has 0 spiro atoms. The standard InChI is InChI=1S/C20H23ClN2O2S/c21-17-7-2-1-6-16(17)13-22-19(24)10-9-15-5-3-11-23(14-15)20(25)18-8-4-12-26-18/h1-2,4,6-8,12,15H,3,5,9-11,13-14H2,(H,22,24). The highest BCUT2D eigenvalue weighted by molar-refractivity contribution is 7.12. The summed E-state index contributed by atoms with van der Waals surface area (Å²) in [7, 11) is 0. The fraction of sp³-hybridized carbons (Fsp3) is 0.400. The zero-order valence-corrected chi connectivity index (χ0v) is 16.2. The molecule has 1 unspecified atom stereocenters. The van der Waals surface area contributed by atoms with E-state index in [0.717, 1.165) is 42.8 Å². The van der Waals surface area contributed by atoms with Gasteiger partial charge in [0.25, 0.3) is 5.91 Å². The summed E-state index contributed by atoms with van der Waals surface area (Å²) in [6, 6.07) is 11.3. The Morgan fingerprint density at radius 2 is 2.08 bits per heavy atom. The van der Waals surface area contributed by atoms with E-state index in [1.165, 1.54) is 11.3 Å². The number of likely N-dealkylation sites (tertiary alicyclic amines) is 1. The third kappa shape index (κ3) is 5.08. The molecule has 26 heavy (non-hydrogen) atoms. The first-order chi connectivity index (χ1) is 12.6. The second-order valence-corrected chi connectivity index (χ2v) is 8.00. The van der Waals surface area contributed by atoms with Crippen LogP contribution in [0, 0.1) is 5.92 Å². The van der Waals surface area contributed by atoms with Crippen LogP contribution in [0.2, 0.25) is 5.02 Å². The SMILES string of the molecule is O=C(CCC1CCCN(C(=O)c2cccs2)C1)NCc1ccccc1Cl. The van der Waals surface area contributed by atoms with Crippen LogP contribution in [-0.2, 0) is 11.3 Å². The number of hydrogen-bond acceptors (Lipinski definition) is 3. The average Bonchev–Trinajstić information content (AvgIpc) is 3.20. The van der Waals surface area contributed by atoms with Gasteiger partial charge in [0.1, 0.15) is 0 Å². The van der Waals surface area contributed by atoms with Crippen molar-refractivity contribution in [1.29, 1.82) is 0 Å². The molecule has 1 N–H and O–H groups in total. The molecule has 1 aliphatic rings. The maximum Gasteiger partial charge on any atom is 0.263 e. The Labute approximate surface area is 163 Å². The molecule has 1 fully saturated rings. The largest absolute Gasteiger partial charge is 0.352 e. The summed E-state index contributed by atoms with van der Waals surface area (Å²) in [5.41, 5.74) is 0.924. The van der Waals surface area contributed by atoms with Crippen LogP contribution in [0.1, 0.15) is 40.9 Å². The number of rotatable bonds is 6. The minimum absolute atomic E-state index is 0.0339. The van der Waals surface area contributed by atoms with E-state index in [-0.39, 0.29) is 11.8 Å². The van der Waals surface area contributed by atoms with Gasteiger partial charge in [0, 0.05) is 31.1 Å². The lowest BCUT2D eigenvalue weighted by Crippen LogP contribution is -2.40. The highest BCUT2D eigenvalue weighted by Crippen LogP contribution is 2.23. The number of hydrogen-bond donors (Lipinski definition) is 1. The van der Waals surface area contributed by atoms with Crippen molar-refractivity contribution < 1.29 is 9.59 Å². The third-order valence-electron chi connectivity index (χ3n) is 4.75. The number of carbonyl (C=O) groups is 2. The van der Waals surface area contributed by atoms with Crippen LogP contribution < -0.4 is 5.32 Å². The van der Waals surface area contributed by atoms with E-state index >= 15 is 0 Å². The second kappa shape index (κ2) is 9.19. The Hall–Kier alpha value is -1.85. The Morgan fingerprint density at radius 1 is 1.23 bits per heavy atom. The number of piperidine rings is 1. The molecule has 2 amide bonds. The van der Waals surface area contributed by atoms with Gasteiger partial charge < -0.3 is 10.2 Å². The van der Waals surface area contributed by atoms with Crippen molar-refractivity contribution in [2.45, 2.75) is 32.2 Å². The number of thiophene rings is 1. The van der Waals surface area contributed by atoms with Gasteiger partial charge in [-0.25, -0.2) is 0 Å². The van der Waals surface area contributed by atoms with Crippen molar-refractivity contribution in [2.24, 2.45) is 5.92 Å². The van der Waals surface area contributed by atoms with E-state index in [1.807, 2.05) is 46.7 Å².